The maximum Gasteiger partial charge on any atom is 0.229 e. The molecule has 3 rings (SSSR count). The van der Waals surface area contributed by atoms with Crippen molar-refractivity contribution in [3.8, 4) is 0 Å². The first-order valence-corrected chi connectivity index (χ1v) is 6.68. The number of nitrogens with one attached hydrogen (secondary N) is 1. The van der Waals surface area contributed by atoms with E-state index in [-0.39, 0.29) is 5.91 Å². The number of fused-ring (bicyclic) bond motifs is 3. The molecular formula is C17H17NO2. The van der Waals surface area contributed by atoms with Crippen LogP contribution in [0.15, 0.2) is 46.9 Å². The summed E-state index contributed by atoms with van der Waals surface area (Å²) in [7, 11) is 0. The smallest absolute Gasteiger partial charge is 0.229 e. The zero-order valence-corrected chi connectivity index (χ0v) is 11.9. The summed E-state index contributed by atoms with van der Waals surface area (Å²) in [5.41, 5.74) is 2.08. The second-order valence-corrected chi connectivity index (χ2v) is 6.01. The molecular weight excluding hydrogens is 250 g/mol. The molecule has 3 aromatic rings. The molecule has 2 aromatic carbocycles. The molecule has 0 saturated carbocycles. The lowest BCUT2D eigenvalue weighted by atomic mass is 9.95. The topological polar surface area (TPSA) is 42.2 Å². The highest BCUT2D eigenvalue weighted by Gasteiger charge is 2.21. The van der Waals surface area contributed by atoms with Crippen LogP contribution in [-0.4, -0.2) is 5.91 Å². The minimum Gasteiger partial charge on any atom is -0.456 e. The summed E-state index contributed by atoms with van der Waals surface area (Å²) in [6.07, 6.45) is 0. The lowest BCUT2D eigenvalue weighted by molar-refractivity contribution is -0.123. The molecule has 0 fully saturated rings. The fourth-order valence-electron chi connectivity index (χ4n) is 2.12. The molecule has 1 amide bonds. The Bertz CT molecular complexity index is 793. The van der Waals surface area contributed by atoms with E-state index in [0.717, 1.165) is 27.6 Å². The van der Waals surface area contributed by atoms with E-state index >= 15 is 0 Å². The fraction of sp³-hybridized carbons (Fsp3) is 0.235. The van der Waals surface area contributed by atoms with Gasteiger partial charge in [0.25, 0.3) is 0 Å². The van der Waals surface area contributed by atoms with E-state index in [9.17, 15) is 4.79 Å². The lowest BCUT2D eigenvalue weighted by Gasteiger charge is -2.17. The molecule has 1 N–H and O–H groups in total. The van der Waals surface area contributed by atoms with Gasteiger partial charge in [-0.25, -0.2) is 0 Å². The minimum absolute atomic E-state index is 0.00431. The highest BCUT2D eigenvalue weighted by Crippen LogP contribution is 2.30. The number of para-hydroxylation sites is 1. The first-order chi connectivity index (χ1) is 9.45. The molecule has 102 valence electrons. The zero-order chi connectivity index (χ0) is 14.3. The second kappa shape index (κ2) is 4.37. The standard InChI is InChI=1S/C17H17NO2/c1-17(2,3)16(19)18-11-8-9-15-13(10-11)12-6-4-5-7-14(12)20-15/h4-10H,1-3H3,(H,18,19). The van der Waals surface area contributed by atoms with Crippen molar-refractivity contribution in [1.29, 1.82) is 0 Å². The van der Waals surface area contributed by atoms with Crippen molar-refractivity contribution in [2.75, 3.05) is 5.32 Å². The van der Waals surface area contributed by atoms with Gasteiger partial charge in [-0.1, -0.05) is 39.0 Å². The van der Waals surface area contributed by atoms with Gasteiger partial charge in [0.05, 0.1) is 0 Å². The Balaban J connectivity index is 2.06. The van der Waals surface area contributed by atoms with Crippen LogP contribution in [0.1, 0.15) is 20.8 Å². The van der Waals surface area contributed by atoms with E-state index in [2.05, 4.69) is 5.32 Å². The van der Waals surface area contributed by atoms with Gasteiger partial charge < -0.3 is 9.73 Å². The largest absolute Gasteiger partial charge is 0.456 e. The summed E-state index contributed by atoms with van der Waals surface area (Å²) in [4.78, 5) is 12.0. The average molecular weight is 267 g/mol. The number of hydrogen-bond acceptors (Lipinski definition) is 2. The number of anilines is 1. The molecule has 0 aliphatic heterocycles. The first kappa shape index (κ1) is 12.7. The van der Waals surface area contributed by atoms with Crippen LogP contribution in [0, 0.1) is 5.41 Å². The summed E-state index contributed by atoms with van der Waals surface area (Å²) >= 11 is 0. The highest BCUT2D eigenvalue weighted by molar-refractivity contribution is 6.07. The molecule has 0 saturated heterocycles. The Labute approximate surface area is 117 Å². The van der Waals surface area contributed by atoms with E-state index in [1.54, 1.807) is 0 Å². The van der Waals surface area contributed by atoms with Crippen LogP contribution in [0.4, 0.5) is 5.69 Å². The van der Waals surface area contributed by atoms with Gasteiger partial charge in [-0.3, -0.25) is 4.79 Å². The van der Waals surface area contributed by atoms with Crippen molar-refractivity contribution in [2.45, 2.75) is 20.8 Å². The number of furan rings is 1. The van der Waals surface area contributed by atoms with Gasteiger partial charge in [-0.15, -0.1) is 0 Å². The Morgan fingerprint density at radius 2 is 1.70 bits per heavy atom. The predicted octanol–water partition coefficient (Wildman–Crippen LogP) is 4.57. The van der Waals surface area contributed by atoms with Gasteiger partial charge in [-0.2, -0.15) is 0 Å². The molecule has 0 bridgehead atoms. The van der Waals surface area contributed by atoms with Crippen molar-refractivity contribution in [3.63, 3.8) is 0 Å². The van der Waals surface area contributed by atoms with Gasteiger partial charge in [0, 0.05) is 21.9 Å². The van der Waals surface area contributed by atoms with E-state index in [4.69, 9.17) is 4.42 Å². The summed E-state index contributed by atoms with van der Waals surface area (Å²) in [6.45, 7) is 5.69. The predicted molar refractivity (Wildman–Crippen MR) is 81.8 cm³/mol. The van der Waals surface area contributed by atoms with Crippen LogP contribution in [0.25, 0.3) is 21.9 Å². The van der Waals surface area contributed by atoms with Crippen LogP contribution in [-0.2, 0) is 4.79 Å². The number of carbonyl (C=O) groups is 1. The van der Waals surface area contributed by atoms with Crippen LogP contribution < -0.4 is 5.32 Å². The van der Waals surface area contributed by atoms with E-state index in [0.29, 0.717) is 0 Å². The third kappa shape index (κ3) is 2.16. The van der Waals surface area contributed by atoms with Gasteiger partial charge in [-0.05, 0) is 24.3 Å². The van der Waals surface area contributed by atoms with Crippen molar-refractivity contribution in [3.05, 3.63) is 42.5 Å². The average Bonchev–Trinajstić information content (AvgIpc) is 2.76. The van der Waals surface area contributed by atoms with Crippen molar-refractivity contribution < 1.29 is 9.21 Å². The van der Waals surface area contributed by atoms with Crippen LogP contribution >= 0.6 is 0 Å². The van der Waals surface area contributed by atoms with Gasteiger partial charge >= 0.3 is 0 Å². The molecule has 0 atom stereocenters. The minimum atomic E-state index is -0.409. The molecule has 0 unspecified atom stereocenters. The number of carbonyl (C=O) groups excluding carboxylic acids is 1. The summed E-state index contributed by atoms with van der Waals surface area (Å²) in [5, 5.41) is 5.03. The molecule has 1 aromatic heterocycles. The second-order valence-electron chi connectivity index (χ2n) is 6.01. The quantitative estimate of drug-likeness (QED) is 0.701. The third-order valence-electron chi connectivity index (χ3n) is 3.32. The van der Waals surface area contributed by atoms with Crippen molar-refractivity contribution in [1.82, 2.24) is 0 Å². The highest BCUT2D eigenvalue weighted by atomic mass is 16.3. The Kier molecular flexibility index (Phi) is 2.78. The maximum atomic E-state index is 12.0. The van der Waals surface area contributed by atoms with Crippen LogP contribution in [0.5, 0.6) is 0 Å². The molecule has 3 heteroatoms. The summed E-state index contributed by atoms with van der Waals surface area (Å²) < 4.78 is 5.77. The Morgan fingerprint density at radius 1 is 1.00 bits per heavy atom. The molecule has 0 aliphatic carbocycles. The maximum absolute atomic E-state index is 12.0. The summed E-state index contributed by atoms with van der Waals surface area (Å²) in [6, 6.07) is 13.6. The fourth-order valence-corrected chi connectivity index (χ4v) is 2.12. The SMILES string of the molecule is CC(C)(C)C(=O)Nc1ccc2oc3ccccc3c2c1. The zero-order valence-electron chi connectivity index (χ0n) is 11.9. The molecule has 0 radical (unpaired) electrons. The molecule has 0 spiro atoms. The van der Waals surface area contributed by atoms with Gasteiger partial charge in [0.15, 0.2) is 0 Å². The number of hydrogen-bond donors (Lipinski definition) is 1. The van der Waals surface area contributed by atoms with E-state index in [1.165, 1.54) is 0 Å². The first-order valence-electron chi connectivity index (χ1n) is 6.68. The normalized spacial score (nSPS) is 11.9. The lowest BCUT2D eigenvalue weighted by Crippen LogP contribution is -2.27. The van der Waals surface area contributed by atoms with Crippen molar-refractivity contribution in [2.24, 2.45) is 5.41 Å². The Morgan fingerprint density at radius 3 is 2.45 bits per heavy atom. The molecule has 0 aliphatic rings. The third-order valence-corrected chi connectivity index (χ3v) is 3.32. The van der Waals surface area contributed by atoms with E-state index < -0.39 is 5.41 Å². The Hall–Kier alpha value is -2.29. The van der Waals surface area contributed by atoms with Crippen molar-refractivity contribution >= 4 is 33.5 Å². The van der Waals surface area contributed by atoms with Gasteiger partial charge in [0.1, 0.15) is 11.2 Å². The molecule has 20 heavy (non-hydrogen) atoms. The molecule has 1 heterocycles. The van der Waals surface area contributed by atoms with Crippen LogP contribution in [0.3, 0.4) is 0 Å². The summed E-state index contributed by atoms with van der Waals surface area (Å²) in [5.74, 6) is 0.00431. The molecule has 3 nitrogen and oxygen atoms in total. The number of benzene rings is 2. The van der Waals surface area contributed by atoms with E-state index in [1.807, 2.05) is 63.2 Å². The monoisotopic (exact) mass is 267 g/mol. The van der Waals surface area contributed by atoms with Crippen LogP contribution in [0.2, 0.25) is 0 Å². The number of rotatable bonds is 1. The number of amides is 1. The van der Waals surface area contributed by atoms with Gasteiger partial charge in [0.2, 0.25) is 5.91 Å².